The fourth-order valence-electron chi connectivity index (χ4n) is 4.32. The summed E-state index contributed by atoms with van der Waals surface area (Å²) >= 11 is 0. The molecule has 148 valence electrons. The van der Waals surface area contributed by atoms with E-state index < -0.39 is 5.91 Å². The molecule has 4 N–H and O–H groups in total. The highest BCUT2D eigenvalue weighted by Crippen LogP contribution is 2.44. The van der Waals surface area contributed by atoms with Crippen molar-refractivity contribution in [2.24, 2.45) is 5.73 Å². The van der Waals surface area contributed by atoms with Crippen LogP contribution in [0.1, 0.15) is 45.8 Å². The van der Waals surface area contributed by atoms with E-state index in [4.69, 9.17) is 16.2 Å². The van der Waals surface area contributed by atoms with Crippen molar-refractivity contribution in [2.75, 3.05) is 12.8 Å². The van der Waals surface area contributed by atoms with Crippen molar-refractivity contribution in [3.8, 4) is 11.4 Å². The van der Waals surface area contributed by atoms with Crippen LogP contribution in [0, 0.1) is 13.8 Å². The smallest absolute Gasteiger partial charge is 0.253 e. The molecule has 0 aliphatic heterocycles. The van der Waals surface area contributed by atoms with Crippen molar-refractivity contribution in [3.63, 3.8) is 0 Å². The predicted octanol–water partition coefficient (Wildman–Crippen LogP) is 2.86. The molecule has 0 atom stereocenters. The van der Waals surface area contributed by atoms with Crippen LogP contribution in [-0.2, 0) is 0 Å². The van der Waals surface area contributed by atoms with Crippen molar-refractivity contribution >= 4 is 28.4 Å². The number of pyridine rings is 1. The number of nitrogens with two attached hydrogens (primary N) is 2. The molecule has 1 aliphatic rings. The SMILES string of the molecule is COc1ccc(C)c(-n2c(N)c(C(N)=O)c3cc(C4CC4)c4ncnn4c32)c1C. The number of carbonyl (C=O) groups is 1. The van der Waals surface area contributed by atoms with Crippen molar-refractivity contribution in [1.29, 1.82) is 0 Å². The molecular weight excluding hydrogens is 368 g/mol. The molecule has 8 nitrogen and oxygen atoms in total. The number of primary amides is 1. The Kier molecular flexibility index (Phi) is 3.61. The summed E-state index contributed by atoms with van der Waals surface area (Å²) in [4.78, 5) is 16.9. The van der Waals surface area contributed by atoms with Crippen LogP contribution in [0.25, 0.3) is 22.4 Å². The fourth-order valence-corrected chi connectivity index (χ4v) is 4.32. The monoisotopic (exact) mass is 390 g/mol. The summed E-state index contributed by atoms with van der Waals surface area (Å²) in [5.41, 5.74) is 17.9. The number of hydrogen-bond donors (Lipinski definition) is 2. The second kappa shape index (κ2) is 5.97. The van der Waals surface area contributed by atoms with E-state index >= 15 is 0 Å². The zero-order valence-electron chi connectivity index (χ0n) is 16.6. The Balaban J connectivity index is 1.99. The number of rotatable bonds is 4. The van der Waals surface area contributed by atoms with Crippen LogP contribution in [0.15, 0.2) is 24.5 Å². The molecule has 1 aromatic carbocycles. The number of aryl methyl sites for hydroxylation is 1. The lowest BCUT2D eigenvalue weighted by Gasteiger charge is -2.17. The first-order valence-corrected chi connectivity index (χ1v) is 9.55. The first kappa shape index (κ1) is 17.5. The van der Waals surface area contributed by atoms with Gasteiger partial charge in [0.15, 0.2) is 11.3 Å². The highest BCUT2D eigenvalue weighted by atomic mass is 16.5. The van der Waals surface area contributed by atoms with Gasteiger partial charge >= 0.3 is 0 Å². The summed E-state index contributed by atoms with van der Waals surface area (Å²) in [6, 6.07) is 5.89. The Bertz CT molecular complexity index is 1310. The minimum Gasteiger partial charge on any atom is -0.496 e. The minimum absolute atomic E-state index is 0.289. The van der Waals surface area contributed by atoms with E-state index in [-0.39, 0.29) is 5.82 Å². The van der Waals surface area contributed by atoms with E-state index in [2.05, 4.69) is 10.1 Å². The molecule has 1 aliphatic carbocycles. The lowest BCUT2D eigenvalue weighted by molar-refractivity contribution is 0.100. The summed E-state index contributed by atoms with van der Waals surface area (Å²) < 4.78 is 9.14. The predicted molar refractivity (Wildman–Crippen MR) is 111 cm³/mol. The maximum atomic E-state index is 12.4. The second-order valence-electron chi connectivity index (χ2n) is 7.62. The number of amides is 1. The first-order chi connectivity index (χ1) is 13.9. The number of aromatic nitrogens is 4. The summed E-state index contributed by atoms with van der Waals surface area (Å²) in [7, 11) is 1.63. The topological polar surface area (TPSA) is 113 Å². The maximum Gasteiger partial charge on any atom is 0.253 e. The number of benzene rings is 1. The van der Waals surface area contributed by atoms with E-state index in [1.54, 1.807) is 11.6 Å². The van der Waals surface area contributed by atoms with Crippen LogP contribution in [0.2, 0.25) is 0 Å². The molecule has 0 spiro atoms. The lowest BCUT2D eigenvalue weighted by Crippen LogP contribution is -2.14. The van der Waals surface area contributed by atoms with Gasteiger partial charge in [-0.2, -0.15) is 9.61 Å². The number of fused-ring (bicyclic) bond motifs is 3. The Morgan fingerprint density at radius 3 is 2.69 bits per heavy atom. The third-order valence-corrected chi connectivity index (χ3v) is 5.82. The highest BCUT2D eigenvalue weighted by molar-refractivity contribution is 6.11. The standard InChI is InChI=1S/C21H22N6O2/c1-10-4-7-15(29-3)11(2)17(10)26-18(22)16(19(23)28)14-8-13(12-5-6-12)20-24-9-25-27(20)21(14)26/h4,7-9,12H,5-6,22H2,1-3H3,(H2,23,28). The van der Waals surface area contributed by atoms with Crippen LogP contribution in [0.5, 0.6) is 5.75 Å². The Labute approximate surface area is 167 Å². The van der Waals surface area contributed by atoms with Gasteiger partial charge in [0.05, 0.1) is 18.4 Å². The zero-order chi connectivity index (χ0) is 20.4. The third kappa shape index (κ3) is 2.35. The van der Waals surface area contributed by atoms with Crippen LogP contribution >= 0.6 is 0 Å². The van der Waals surface area contributed by atoms with Gasteiger partial charge in [-0.05, 0) is 50.3 Å². The van der Waals surface area contributed by atoms with E-state index in [0.717, 1.165) is 46.6 Å². The van der Waals surface area contributed by atoms with Gasteiger partial charge in [0.1, 0.15) is 17.9 Å². The number of nitrogens with zero attached hydrogens (tertiary/aromatic N) is 4. The molecule has 8 heteroatoms. The van der Waals surface area contributed by atoms with E-state index in [0.29, 0.717) is 22.5 Å². The van der Waals surface area contributed by atoms with Crippen LogP contribution in [0.4, 0.5) is 5.82 Å². The van der Waals surface area contributed by atoms with Gasteiger partial charge in [-0.15, -0.1) is 0 Å². The van der Waals surface area contributed by atoms with Crippen LogP contribution in [0.3, 0.4) is 0 Å². The Hall–Kier alpha value is -3.55. The second-order valence-corrected chi connectivity index (χ2v) is 7.62. The molecule has 1 amide bonds. The molecule has 0 unspecified atom stereocenters. The first-order valence-electron chi connectivity index (χ1n) is 9.55. The van der Waals surface area contributed by atoms with Gasteiger partial charge in [-0.3, -0.25) is 9.36 Å². The molecule has 3 aromatic heterocycles. The molecular formula is C21H22N6O2. The number of carbonyl (C=O) groups excluding carboxylic acids is 1. The number of hydrogen-bond acceptors (Lipinski definition) is 5. The zero-order valence-corrected chi connectivity index (χ0v) is 16.6. The summed E-state index contributed by atoms with van der Waals surface area (Å²) in [5.74, 6) is 0.885. The summed E-state index contributed by atoms with van der Waals surface area (Å²) in [6.45, 7) is 3.96. The molecule has 0 radical (unpaired) electrons. The van der Waals surface area contributed by atoms with Crippen molar-refractivity contribution < 1.29 is 9.53 Å². The molecule has 0 bridgehead atoms. The molecule has 29 heavy (non-hydrogen) atoms. The van der Waals surface area contributed by atoms with Gasteiger partial charge in [-0.1, -0.05) is 6.07 Å². The quantitative estimate of drug-likeness (QED) is 0.556. The molecule has 4 aromatic rings. The van der Waals surface area contributed by atoms with Crippen LogP contribution < -0.4 is 16.2 Å². The largest absolute Gasteiger partial charge is 0.496 e. The number of anilines is 1. The minimum atomic E-state index is -0.564. The van der Waals surface area contributed by atoms with E-state index in [1.807, 2.05) is 36.6 Å². The molecule has 1 saturated carbocycles. The van der Waals surface area contributed by atoms with Gasteiger partial charge in [-0.25, -0.2) is 4.98 Å². The average molecular weight is 390 g/mol. The maximum absolute atomic E-state index is 12.4. The number of methoxy groups -OCH3 is 1. The van der Waals surface area contributed by atoms with Crippen molar-refractivity contribution in [3.05, 3.63) is 46.8 Å². The van der Waals surface area contributed by atoms with Crippen LogP contribution in [-0.4, -0.2) is 32.2 Å². The van der Waals surface area contributed by atoms with Gasteiger partial charge in [0, 0.05) is 16.5 Å². The molecule has 1 fully saturated rings. The third-order valence-electron chi connectivity index (χ3n) is 5.82. The van der Waals surface area contributed by atoms with E-state index in [9.17, 15) is 4.79 Å². The highest BCUT2D eigenvalue weighted by Gasteiger charge is 2.31. The molecule has 0 saturated heterocycles. The normalized spacial score (nSPS) is 14.0. The Morgan fingerprint density at radius 2 is 2.03 bits per heavy atom. The average Bonchev–Trinajstić information content (AvgIpc) is 3.33. The number of nitrogen functional groups attached to an aromatic ring is 1. The summed E-state index contributed by atoms with van der Waals surface area (Å²) in [5, 5.41) is 5.16. The van der Waals surface area contributed by atoms with Gasteiger partial charge in [0.2, 0.25) is 0 Å². The number of ether oxygens (including phenoxy) is 1. The summed E-state index contributed by atoms with van der Waals surface area (Å²) in [6.07, 6.45) is 3.73. The van der Waals surface area contributed by atoms with Crippen molar-refractivity contribution in [2.45, 2.75) is 32.6 Å². The molecule has 5 rings (SSSR count). The van der Waals surface area contributed by atoms with E-state index in [1.165, 1.54) is 6.33 Å². The van der Waals surface area contributed by atoms with Crippen molar-refractivity contribution in [1.82, 2.24) is 19.2 Å². The fraction of sp³-hybridized carbons (Fsp3) is 0.286. The molecule has 3 heterocycles. The van der Waals surface area contributed by atoms with Gasteiger partial charge in [0.25, 0.3) is 5.91 Å². The van der Waals surface area contributed by atoms with Gasteiger partial charge < -0.3 is 16.2 Å². The Morgan fingerprint density at radius 1 is 1.28 bits per heavy atom. The lowest BCUT2D eigenvalue weighted by atomic mass is 10.1.